The lowest BCUT2D eigenvalue weighted by Gasteiger charge is -2.12. The van der Waals surface area contributed by atoms with E-state index in [1.807, 2.05) is 0 Å². The number of alkyl halides is 1. The van der Waals surface area contributed by atoms with Gasteiger partial charge in [0.1, 0.15) is 0 Å². The first-order valence-electron chi connectivity index (χ1n) is 3.92. The van der Waals surface area contributed by atoms with E-state index < -0.39 is 0 Å². The van der Waals surface area contributed by atoms with Crippen molar-refractivity contribution in [1.82, 2.24) is 25.5 Å². The predicted molar refractivity (Wildman–Crippen MR) is 46.9 cm³/mol. The van der Waals surface area contributed by atoms with Crippen molar-refractivity contribution in [2.45, 2.75) is 17.8 Å². The Labute approximate surface area is 82.8 Å². The van der Waals surface area contributed by atoms with Crippen LogP contribution in [0.5, 0.6) is 0 Å². The van der Waals surface area contributed by atoms with Crippen LogP contribution < -0.4 is 0 Å². The Morgan fingerprint density at radius 2 is 2.54 bits per heavy atom. The van der Waals surface area contributed by atoms with Crippen LogP contribution in [0, 0.1) is 0 Å². The number of carbonyl (C=O) groups excluding carboxylic acids is 1. The summed E-state index contributed by atoms with van der Waals surface area (Å²) in [5.41, 5.74) is 0. The maximum atomic E-state index is 11.4. The van der Waals surface area contributed by atoms with E-state index in [1.165, 1.54) is 0 Å². The number of aromatic amines is 1. The Morgan fingerprint density at radius 1 is 1.69 bits per heavy atom. The number of hydrogen-bond donors (Lipinski definition) is 1. The lowest BCUT2D eigenvalue weighted by atomic mass is 10.4. The van der Waals surface area contributed by atoms with Gasteiger partial charge in [0.15, 0.2) is 5.82 Å². The highest BCUT2D eigenvalue weighted by atomic mass is 79.9. The second kappa shape index (κ2) is 3.41. The van der Waals surface area contributed by atoms with E-state index in [2.05, 4.69) is 36.6 Å². The van der Waals surface area contributed by atoms with Crippen LogP contribution in [-0.4, -0.2) is 42.8 Å². The Hall–Kier alpha value is -0.980. The molecule has 0 aliphatic carbocycles. The molecule has 1 unspecified atom stereocenters. The summed E-state index contributed by atoms with van der Waals surface area (Å²) < 4.78 is 0. The molecular weight excluding hydrogens is 238 g/mol. The first-order valence-corrected chi connectivity index (χ1v) is 4.84. The van der Waals surface area contributed by atoms with Gasteiger partial charge in [-0.1, -0.05) is 21.1 Å². The van der Waals surface area contributed by atoms with Crippen LogP contribution in [0.4, 0.5) is 0 Å². The molecule has 7 heteroatoms. The number of rotatable bonds is 2. The second-order valence-electron chi connectivity index (χ2n) is 2.84. The van der Waals surface area contributed by atoms with Crippen molar-refractivity contribution in [1.29, 1.82) is 0 Å². The van der Waals surface area contributed by atoms with Crippen LogP contribution in [0.3, 0.4) is 0 Å². The van der Waals surface area contributed by atoms with Gasteiger partial charge in [-0.2, -0.15) is 5.21 Å². The summed E-state index contributed by atoms with van der Waals surface area (Å²) in [5.74, 6) is 0.653. The molecule has 70 valence electrons. The number of hydrogen-bond acceptors (Lipinski definition) is 4. The van der Waals surface area contributed by atoms with Gasteiger partial charge >= 0.3 is 0 Å². The number of H-pyrrole nitrogens is 1. The maximum Gasteiger partial charge on any atom is 0.236 e. The zero-order chi connectivity index (χ0) is 9.26. The minimum absolute atomic E-state index is 0.0422. The lowest BCUT2D eigenvalue weighted by Crippen LogP contribution is -2.27. The van der Waals surface area contributed by atoms with Crippen LogP contribution in [0.1, 0.15) is 12.2 Å². The van der Waals surface area contributed by atoms with Crippen molar-refractivity contribution in [3.8, 4) is 0 Å². The van der Waals surface area contributed by atoms with Crippen molar-refractivity contribution in [2.75, 3.05) is 6.54 Å². The van der Waals surface area contributed by atoms with Gasteiger partial charge in [-0.3, -0.25) is 4.79 Å². The highest BCUT2D eigenvalue weighted by Crippen LogP contribution is 2.19. The Balaban J connectivity index is 2.00. The zero-order valence-electron chi connectivity index (χ0n) is 6.77. The third kappa shape index (κ3) is 1.69. The maximum absolute atomic E-state index is 11.4. The van der Waals surface area contributed by atoms with Crippen LogP contribution in [0.25, 0.3) is 0 Å². The van der Waals surface area contributed by atoms with E-state index in [1.54, 1.807) is 4.90 Å². The molecule has 1 aliphatic heterocycles. The van der Waals surface area contributed by atoms with E-state index in [0.717, 1.165) is 13.0 Å². The number of carbonyl (C=O) groups is 1. The van der Waals surface area contributed by atoms with Gasteiger partial charge in [-0.05, 0) is 6.42 Å². The van der Waals surface area contributed by atoms with Gasteiger partial charge in [0.2, 0.25) is 5.91 Å². The summed E-state index contributed by atoms with van der Waals surface area (Å²) in [5, 5.41) is 13.3. The summed E-state index contributed by atoms with van der Waals surface area (Å²) in [6.45, 7) is 1.20. The molecule has 1 atom stereocenters. The van der Waals surface area contributed by atoms with Crippen LogP contribution in [-0.2, 0) is 11.3 Å². The SMILES string of the molecule is O=C1C(Br)CCN1Cc1nn[nH]n1. The molecule has 0 spiro atoms. The van der Waals surface area contributed by atoms with Crippen molar-refractivity contribution in [3.05, 3.63) is 5.82 Å². The van der Waals surface area contributed by atoms with Crippen LogP contribution >= 0.6 is 15.9 Å². The molecule has 0 bridgehead atoms. The normalized spacial score (nSPS) is 22.7. The lowest BCUT2D eigenvalue weighted by molar-refractivity contribution is -0.127. The molecule has 0 saturated carbocycles. The molecule has 2 heterocycles. The zero-order valence-corrected chi connectivity index (χ0v) is 8.36. The van der Waals surface area contributed by atoms with Crippen molar-refractivity contribution >= 4 is 21.8 Å². The van der Waals surface area contributed by atoms with E-state index in [4.69, 9.17) is 0 Å². The molecule has 1 N–H and O–H groups in total. The average molecular weight is 246 g/mol. The van der Waals surface area contributed by atoms with E-state index >= 15 is 0 Å². The molecule has 0 aromatic carbocycles. The molecule has 6 nitrogen and oxygen atoms in total. The fourth-order valence-corrected chi connectivity index (χ4v) is 1.77. The summed E-state index contributed by atoms with van der Waals surface area (Å²) in [7, 11) is 0. The second-order valence-corrected chi connectivity index (χ2v) is 3.95. The summed E-state index contributed by atoms with van der Waals surface area (Å²) in [6.07, 6.45) is 0.844. The summed E-state index contributed by atoms with van der Waals surface area (Å²) >= 11 is 3.29. The largest absolute Gasteiger partial charge is 0.334 e. The van der Waals surface area contributed by atoms with Crippen LogP contribution in [0.15, 0.2) is 0 Å². The van der Waals surface area contributed by atoms with Crippen molar-refractivity contribution < 1.29 is 4.79 Å². The van der Waals surface area contributed by atoms with Crippen molar-refractivity contribution in [2.24, 2.45) is 0 Å². The number of tetrazole rings is 1. The van der Waals surface area contributed by atoms with Crippen molar-refractivity contribution in [3.63, 3.8) is 0 Å². The van der Waals surface area contributed by atoms with Crippen LogP contribution in [0.2, 0.25) is 0 Å². The molecule has 1 saturated heterocycles. The Bertz CT molecular complexity index is 300. The molecule has 1 fully saturated rings. The van der Waals surface area contributed by atoms with E-state index in [0.29, 0.717) is 12.4 Å². The molecule has 1 aromatic heterocycles. The average Bonchev–Trinajstić information content (AvgIpc) is 2.71. The van der Waals surface area contributed by atoms with Gasteiger partial charge in [0.25, 0.3) is 0 Å². The quantitative estimate of drug-likeness (QED) is 0.726. The summed E-state index contributed by atoms with van der Waals surface area (Å²) in [6, 6.07) is 0. The van der Waals surface area contributed by atoms with Gasteiger partial charge in [-0.15, -0.1) is 10.2 Å². The molecule has 1 aliphatic rings. The highest BCUT2D eigenvalue weighted by molar-refractivity contribution is 9.10. The monoisotopic (exact) mass is 245 g/mol. The smallest absolute Gasteiger partial charge is 0.236 e. The number of halogens is 1. The van der Waals surface area contributed by atoms with Gasteiger partial charge in [0.05, 0.1) is 11.4 Å². The number of likely N-dealkylation sites (tertiary alicyclic amines) is 1. The number of amides is 1. The topological polar surface area (TPSA) is 74.8 Å². The first-order chi connectivity index (χ1) is 6.27. The molecular formula is C6H8BrN5O. The molecule has 1 aromatic rings. The summed E-state index contributed by atoms with van der Waals surface area (Å²) in [4.78, 5) is 13.1. The third-order valence-corrected chi connectivity index (χ3v) is 2.80. The van der Waals surface area contributed by atoms with Gasteiger partial charge in [0, 0.05) is 6.54 Å². The van der Waals surface area contributed by atoms with Gasteiger partial charge < -0.3 is 4.90 Å². The fourth-order valence-electron chi connectivity index (χ4n) is 1.28. The Kier molecular flexibility index (Phi) is 2.26. The fraction of sp³-hybridized carbons (Fsp3) is 0.667. The Morgan fingerprint density at radius 3 is 3.08 bits per heavy atom. The number of nitrogens with zero attached hydrogens (tertiary/aromatic N) is 4. The number of aromatic nitrogens is 4. The number of nitrogens with one attached hydrogen (secondary N) is 1. The first kappa shape index (κ1) is 8.61. The van der Waals surface area contributed by atoms with Gasteiger partial charge in [-0.25, -0.2) is 0 Å². The third-order valence-electron chi connectivity index (χ3n) is 1.95. The standard InChI is InChI=1S/C6H8BrN5O/c7-4-1-2-12(6(4)13)3-5-8-10-11-9-5/h4H,1-3H2,(H,8,9,10,11). The van der Waals surface area contributed by atoms with E-state index in [9.17, 15) is 4.79 Å². The van der Waals surface area contributed by atoms with E-state index in [-0.39, 0.29) is 10.7 Å². The minimum Gasteiger partial charge on any atom is -0.334 e. The molecule has 1 amide bonds. The highest BCUT2D eigenvalue weighted by Gasteiger charge is 2.29. The minimum atomic E-state index is -0.0422. The molecule has 2 rings (SSSR count). The molecule has 0 radical (unpaired) electrons. The predicted octanol–water partition coefficient (Wildman–Crippen LogP) is -0.305. The molecule has 13 heavy (non-hydrogen) atoms.